The smallest absolute Gasteiger partial charge is 0.341 e. The van der Waals surface area contributed by atoms with Crippen molar-refractivity contribution in [2.24, 2.45) is 5.73 Å². The summed E-state index contributed by atoms with van der Waals surface area (Å²) in [6.45, 7) is 8.30. The summed E-state index contributed by atoms with van der Waals surface area (Å²) in [5, 5.41) is 3.06. The maximum Gasteiger partial charge on any atom is 0.341 e. The molecule has 1 aliphatic rings. The van der Waals surface area contributed by atoms with Crippen molar-refractivity contribution in [1.82, 2.24) is 4.90 Å². The third-order valence-corrected chi connectivity index (χ3v) is 6.68. The van der Waals surface area contributed by atoms with Crippen LogP contribution in [0.15, 0.2) is 24.3 Å². The monoisotopic (exact) mass is 444 g/mol. The van der Waals surface area contributed by atoms with E-state index in [2.05, 4.69) is 53.2 Å². The predicted octanol–water partition coefficient (Wildman–Crippen LogP) is 2.40. The van der Waals surface area contributed by atoms with Crippen LogP contribution in [0, 0.1) is 13.8 Å². The molecule has 1 unspecified atom stereocenters. The lowest BCUT2D eigenvalue weighted by molar-refractivity contribution is -0.117. The molecule has 1 aromatic carbocycles. The second-order valence-corrected chi connectivity index (χ2v) is 8.80. The number of anilines is 2. The van der Waals surface area contributed by atoms with Gasteiger partial charge in [0.15, 0.2) is 0 Å². The van der Waals surface area contributed by atoms with Crippen LogP contribution in [0.5, 0.6) is 0 Å². The number of carbonyl (C=O) groups is 3. The third-order valence-electron chi connectivity index (χ3n) is 5.46. The van der Waals surface area contributed by atoms with Gasteiger partial charge in [0, 0.05) is 31.4 Å². The Balaban J connectivity index is 1.65. The molecular formula is C22H28N4O4S. The second-order valence-electron chi connectivity index (χ2n) is 7.78. The van der Waals surface area contributed by atoms with Crippen molar-refractivity contribution >= 4 is 39.8 Å². The van der Waals surface area contributed by atoms with Gasteiger partial charge in [0.05, 0.1) is 24.1 Å². The quantitative estimate of drug-likeness (QED) is 0.663. The maximum absolute atomic E-state index is 12.7. The Bertz CT molecular complexity index is 986. The molecule has 1 atom stereocenters. The number of thiophene rings is 1. The number of rotatable bonds is 6. The molecule has 9 heteroatoms. The van der Waals surface area contributed by atoms with Gasteiger partial charge < -0.3 is 20.7 Å². The molecule has 31 heavy (non-hydrogen) atoms. The van der Waals surface area contributed by atoms with Crippen LogP contribution in [0.1, 0.15) is 38.1 Å². The Morgan fingerprint density at radius 1 is 1.19 bits per heavy atom. The van der Waals surface area contributed by atoms with Gasteiger partial charge in [-0.2, -0.15) is 0 Å². The van der Waals surface area contributed by atoms with Gasteiger partial charge >= 0.3 is 5.97 Å². The van der Waals surface area contributed by atoms with Gasteiger partial charge in [0.2, 0.25) is 5.91 Å². The first-order valence-corrected chi connectivity index (χ1v) is 10.9. The number of benzene rings is 1. The predicted molar refractivity (Wildman–Crippen MR) is 122 cm³/mol. The number of ether oxygens (including phenoxy) is 1. The minimum absolute atomic E-state index is 0.173. The fourth-order valence-electron chi connectivity index (χ4n) is 3.85. The van der Waals surface area contributed by atoms with Gasteiger partial charge in [0.1, 0.15) is 5.00 Å². The first kappa shape index (κ1) is 22.8. The van der Waals surface area contributed by atoms with Gasteiger partial charge in [-0.25, -0.2) is 4.79 Å². The van der Waals surface area contributed by atoms with Crippen molar-refractivity contribution in [2.75, 3.05) is 43.5 Å². The van der Waals surface area contributed by atoms with E-state index < -0.39 is 11.9 Å². The molecular weight excluding hydrogens is 416 g/mol. The molecule has 2 heterocycles. The van der Waals surface area contributed by atoms with Gasteiger partial charge in [0.25, 0.3) is 5.91 Å². The van der Waals surface area contributed by atoms with Crippen molar-refractivity contribution < 1.29 is 19.1 Å². The average molecular weight is 445 g/mol. The van der Waals surface area contributed by atoms with Crippen LogP contribution in [0.25, 0.3) is 0 Å². The lowest BCUT2D eigenvalue weighted by Gasteiger charge is -2.41. The second kappa shape index (κ2) is 9.49. The molecule has 3 N–H and O–H groups in total. The molecule has 1 fully saturated rings. The summed E-state index contributed by atoms with van der Waals surface area (Å²) in [5.74, 6) is -1.51. The molecule has 0 bridgehead atoms. The fraction of sp³-hybridized carbons (Fsp3) is 0.409. The van der Waals surface area contributed by atoms with E-state index in [0.29, 0.717) is 5.56 Å². The van der Waals surface area contributed by atoms with Crippen molar-refractivity contribution in [3.63, 3.8) is 0 Å². The Morgan fingerprint density at radius 2 is 1.87 bits per heavy atom. The van der Waals surface area contributed by atoms with Crippen molar-refractivity contribution in [1.29, 1.82) is 0 Å². The van der Waals surface area contributed by atoms with Gasteiger partial charge in [-0.3, -0.25) is 14.5 Å². The lowest BCUT2D eigenvalue weighted by Crippen LogP contribution is -2.53. The van der Waals surface area contributed by atoms with Crippen LogP contribution in [0.2, 0.25) is 0 Å². The Labute approximate surface area is 186 Å². The molecule has 3 rings (SSSR count). The van der Waals surface area contributed by atoms with Crippen molar-refractivity contribution in [3.8, 4) is 0 Å². The number of hydrogen-bond donors (Lipinski definition) is 2. The van der Waals surface area contributed by atoms with Crippen LogP contribution in [0.3, 0.4) is 0 Å². The molecule has 1 aliphatic heterocycles. The highest BCUT2D eigenvalue weighted by molar-refractivity contribution is 7.18. The summed E-state index contributed by atoms with van der Waals surface area (Å²) in [6, 6.07) is 8.70. The highest BCUT2D eigenvalue weighted by Gasteiger charge is 2.28. The average Bonchev–Trinajstić information content (AvgIpc) is 3.04. The largest absolute Gasteiger partial charge is 0.465 e. The third kappa shape index (κ3) is 5.05. The number of esters is 1. The molecule has 166 valence electrons. The number of carbonyl (C=O) groups excluding carboxylic acids is 3. The minimum Gasteiger partial charge on any atom is -0.465 e. The maximum atomic E-state index is 12.7. The van der Waals surface area contributed by atoms with E-state index in [9.17, 15) is 14.4 Å². The molecule has 0 spiro atoms. The number of hydrogen-bond acceptors (Lipinski definition) is 7. The van der Waals surface area contributed by atoms with Crippen molar-refractivity contribution in [2.45, 2.75) is 26.8 Å². The van der Waals surface area contributed by atoms with E-state index in [1.807, 2.05) is 0 Å². The first-order chi connectivity index (χ1) is 14.7. The van der Waals surface area contributed by atoms with Crippen LogP contribution in [0.4, 0.5) is 10.7 Å². The number of nitrogens with two attached hydrogens (primary N) is 1. The van der Waals surface area contributed by atoms with Gasteiger partial charge in [-0.15, -0.1) is 11.3 Å². The van der Waals surface area contributed by atoms with E-state index >= 15 is 0 Å². The molecule has 8 nitrogen and oxygen atoms in total. The number of aryl methyl sites for hydroxylation is 1. The number of nitrogens with one attached hydrogen (secondary N) is 1. The Morgan fingerprint density at radius 3 is 2.45 bits per heavy atom. The SMILES string of the molecule is COC(=O)c1c(NC(=O)CN2CCN(c3ccc(C)cc3)C(C)C2)sc(C(N)=O)c1C. The molecule has 0 aliphatic carbocycles. The minimum atomic E-state index is -0.644. The highest BCUT2D eigenvalue weighted by Crippen LogP contribution is 2.33. The van der Waals surface area contributed by atoms with Crippen LogP contribution >= 0.6 is 11.3 Å². The lowest BCUT2D eigenvalue weighted by atomic mass is 10.1. The first-order valence-electron chi connectivity index (χ1n) is 10.1. The molecule has 1 aromatic heterocycles. The summed E-state index contributed by atoms with van der Waals surface area (Å²) >= 11 is 0.994. The number of primary amides is 1. The van der Waals surface area contributed by atoms with E-state index in [1.54, 1.807) is 6.92 Å². The zero-order valence-corrected chi connectivity index (χ0v) is 19.0. The number of methoxy groups -OCH3 is 1. The van der Waals surface area contributed by atoms with Crippen LogP contribution < -0.4 is 16.0 Å². The van der Waals surface area contributed by atoms with Crippen LogP contribution in [-0.2, 0) is 9.53 Å². The van der Waals surface area contributed by atoms with Gasteiger partial charge in [-0.05, 0) is 38.5 Å². The Hall–Kier alpha value is -2.91. The summed E-state index contributed by atoms with van der Waals surface area (Å²) in [5.41, 5.74) is 8.39. The normalized spacial score (nSPS) is 16.8. The van der Waals surface area contributed by atoms with E-state index in [0.717, 1.165) is 31.0 Å². The summed E-state index contributed by atoms with van der Waals surface area (Å²) in [4.78, 5) is 41.2. The summed E-state index contributed by atoms with van der Waals surface area (Å²) in [6.07, 6.45) is 0. The molecule has 0 radical (unpaired) electrons. The van der Waals surface area contributed by atoms with E-state index in [1.165, 1.54) is 18.4 Å². The Kier molecular flexibility index (Phi) is 6.97. The highest BCUT2D eigenvalue weighted by atomic mass is 32.1. The fourth-order valence-corrected chi connectivity index (χ4v) is 4.91. The van der Waals surface area contributed by atoms with Gasteiger partial charge in [-0.1, -0.05) is 17.7 Å². The van der Waals surface area contributed by atoms with Crippen molar-refractivity contribution in [3.05, 3.63) is 45.8 Å². The zero-order chi connectivity index (χ0) is 22.7. The standard InChI is InChI=1S/C22H28N4O4S/c1-13-5-7-16(8-6-13)26-10-9-25(11-14(26)2)12-17(27)24-21-18(22(29)30-4)15(3)19(31-21)20(23)28/h5-8,14H,9-12H2,1-4H3,(H2,23,28)(H,24,27). The summed E-state index contributed by atoms with van der Waals surface area (Å²) in [7, 11) is 1.25. The number of amides is 2. The number of nitrogens with zero attached hydrogens (tertiary/aromatic N) is 2. The topological polar surface area (TPSA) is 105 Å². The zero-order valence-electron chi connectivity index (χ0n) is 18.2. The summed E-state index contributed by atoms with van der Waals surface area (Å²) < 4.78 is 4.81. The van der Waals surface area contributed by atoms with Crippen LogP contribution in [-0.4, -0.2) is 62.0 Å². The molecule has 0 saturated carbocycles. The molecule has 2 aromatic rings. The molecule has 1 saturated heterocycles. The van der Waals surface area contributed by atoms with E-state index in [4.69, 9.17) is 10.5 Å². The van der Waals surface area contributed by atoms with E-state index in [-0.39, 0.29) is 33.9 Å². The molecule has 2 amide bonds. The number of piperazine rings is 1.